The summed E-state index contributed by atoms with van der Waals surface area (Å²) in [4.78, 5) is 0. The van der Waals surface area contributed by atoms with Crippen LogP contribution in [-0.2, 0) is 0 Å². The molecule has 0 heterocycles. The van der Waals surface area contributed by atoms with Crippen molar-refractivity contribution < 1.29 is 10.2 Å². The van der Waals surface area contributed by atoms with Gasteiger partial charge in [-0.05, 0) is 31.0 Å². The van der Waals surface area contributed by atoms with Crippen LogP contribution in [0.1, 0.15) is 30.6 Å². The van der Waals surface area contributed by atoms with Gasteiger partial charge in [-0.3, -0.25) is 0 Å². The van der Waals surface area contributed by atoms with Gasteiger partial charge in [-0.1, -0.05) is 6.92 Å². The number of benzene rings is 1. The number of phenols is 1. The predicted octanol–water partition coefficient (Wildman–Crippen LogP) is 1.73. The van der Waals surface area contributed by atoms with Crippen LogP contribution in [0.5, 0.6) is 5.75 Å². The van der Waals surface area contributed by atoms with Crippen molar-refractivity contribution >= 4 is 5.69 Å². The lowest BCUT2D eigenvalue weighted by Crippen LogP contribution is -1.99. The van der Waals surface area contributed by atoms with Crippen LogP contribution in [-0.4, -0.2) is 10.2 Å². The molecule has 1 unspecified atom stereocenters. The van der Waals surface area contributed by atoms with E-state index in [2.05, 4.69) is 0 Å². The van der Waals surface area contributed by atoms with Gasteiger partial charge in [0, 0.05) is 5.56 Å². The van der Waals surface area contributed by atoms with Gasteiger partial charge in [0.2, 0.25) is 0 Å². The van der Waals surface area contributed by atoms with Crippen LogP contribution >= 0.6 is 0 Å². The number of phenolic OH excluding ortho intramolecular Hbond substituents is 1. The SMILES string of the molecule is CCC(O)c1cc(C)cc(N)c1O. The standard InChI is InChI=1S/C10H15NO2/c1-3-9(12)7-4-6(2)5-8(11)10(7)13/h4-5,9,12-13H,3,11H2,1-2H3. The number of hydrogen-bond acceptors (Lipinski definition) is 3. The molecular formula is C10H15NO2. The highest BCUT2D eigenvalue weighted by atomic mass is 16.3. The predicted molar refractivity (Wildman–Crippen MR) is 52.5 cm³/mol. The van der Waals surface area contributed by atoms with Crippen LogP contribution in [0.15, 0.2) is 12.1 Å². The average Bonchev–Trinajstić information content (AvgIpc) is 2.10. The minimum Gasteiger partial charge on any atom is -0.505 e. The molecule has 0 saturated carbocycles. The zero-order chi connectivity index (χ0) is 10.0. The highest BCUT2D eigenvalue weighted by Crippen LogP contribution is 2.32. The molecular weight excluding hydrogens is 166 g/mol. The van der Waals surface area contributed by atoms with Gasteiger partial charge in [0.15, 0.2) is 0 Å². The van der Waals surface area contributed by atoms with Crippen molar-refractivity contribution in [1.29, 1.82) is 0 Å². The van der Waals surface area contributed by atoms with Gasteiger partial charge in [0.25, 0.3) is 0 Å². The molecule has 1 atom stereocenters. The second-order valence-corrected chi connectivity index (χ2v) is 3.22. The Bertz CT molecular complexity index is 310. The van der Waals surface area contributed by atoms with Gasteiger partial charge in [-0.25, -0.2) is 0 Å². The monoisotopic (exact) mass is 181 g/mol. The van der Waals surface area contributed by atoms with E-state index in [-0.39, 0.29) is 5.75 Å². The van der Waals surface area contributed by atoms with Crippen LogP contribution in [0, 0.1) is 6.92 Å². The molecule has 1 rings (SSSR count). The highest BCUT2D eigenvalue weighted by molar-refractivity contribution is 5.58. The summed E-state index contributed by atoms with van der Waals surface area (Å²) < 4.78 is 0. The molecule has 0 bridgehead atoms. The Balaban J connectivity index is 3.20. The van der Waals surface area contributed by atoms with Gasteiger partial charge in [-0.15, -0.1) is 0 Å². The minimum atomic E-state index is -0.637. The fourth-order valence-electron chi connectivity index (χ4n) is 1.31. The van der Waals surface area contributed by atoms with Crippen LogP contribution < -0.4 is 5.73 Å². The van der Waals surface area contributed by atoms with E-state index in [0.717, 1.165) is 5.56 Å². The van der Waals surface area contributed by atoms with E-state index < -0.39 is 6.10 Å². The molecule has 4 N–H and O–H groups in total. The van der Waals surface area contributed by atoms with E-state index in [0.29, 0.717) is 17.7 Å². The summed E-state index contributed by atoms with van der Waals surface area (Å²) in [6, 6.07) is 3.43. The number of nitrogens with two attached hydrogens (primary N) is 1. The van der Waals surface area contributed by atoms with Crippen molar-refractivity contribution in [3.8, 4) is 5.75 Å². The molecule has 0 saturated heterocycles. The lowest BCUT2D eigenvalue weighted by atomic mass is 10.0. The number of aliphatic hydroxyl groups is 1. The lowest BCUT2D eigenvalue weighted by molar-refractivity contribution is 0.170. The molecule has 1 aromatic rings. The number of anilines is 1. The van der Waals surface area contributed by atoms with E-state index in [1.807, 2.05) is 13.8 Å². The number of aromatic hydroxyl groups is 1. The smallest absolute Gasteiger partial charge is 0.144 e. The zero-order valence-corrected chi connectivity index (χ0v) is 7.91. The van der Waals surface area contributed by atoms with Crippen LogP contribution in [0.2, 0.25) is 0 Å². The van der Waals surface area contributed by atoms with Gasteiger partial charge < -0.3 is 15.9 Å². The number of rotatable bonds is 2. The van der Waals surface area contributed by atoms with E-state index in [4.69, 9.17) is 5.73 Å². The van der Waals surface area contributed by atoms with E-state index in [9.17, 15) is 10.2 Å². The zero-order valence-electron chi connectivity index (χ0n) is 7.91. The maximum absolute atomic E-state index is 9.54. The van der Waals surface area contributed by atoms with E-state index in [1.54, 1.807) is 12.1 Å². The minimum absolute atomic E-state index is 0.0000463. The molecule has 0 radical (unpaired) electrons. The largest absolute Gasteiger partial charge is 0.505 e. The molecule has 0 amide bonds. The number of hydrogen-bond donors (Lipinski definition) is 3. The van der Waals surface area contributed by atoms with Crippen LogP contribution in [0.25, 0.3) is 0 Å². The van der Waals surface area contributed by atoms with Crippen molar-refractivity contribution in [3.05, 3.63) is 23.3 Å². The molecule has 3 heteroatoms. The van der Waals surface area contributed by atoms with E-state index in [1.165, 1.54) is 0 Å². The third kappa shape index (κ3) is 1.92. The molecule has 0 aromatic heterocycles. The molecule has 0 aliphatic heterocycles. The molecule has 13 heavy (non-hydrogen) atoms. The fourth-order valence-corrected chi connectivity index (χ4v) is 1.31. The van der Waals surface area contributed by atoms with Crippen molar-refractivity contribution in [2.75, 3.05) is 5.73 Å². The number of aliphatic hydroxyl groups excluding tert-OH is 1. The molecule has 3 nitrogen and oxygen atoms in total. The number of aryl methyl sites for hydroxylation is 1. The molecule has 0 aliphatic rings. The van der Waals surface area contributed by atoms with Gasteiger partial charge in [0.1, 0.15) is 5.75 Å². The Morgan fingerprint density at radius 1 is 1.46 bits per heavy atom. The van der Waals surface area contributed by atoms with E-state index >= 15 is 0 Å². The first kappa shape index (κ1) is 9.86. The lowest BCUT2D eigenvalue weighted by Gasteiger charge is -2.12. The summed E-state index contributed by atoms with van der Waals surface area (Å²) in [7, 11) is 0. The molecule has 0 fully saturated rings. The second-order valence-electron chi connectivity index (χ2n) is 3.22. The first-order valence-electron chi connectivity index (χ1n) is 4.33. The summed E-state index contributed by atoms with van der Waals surface area (Å²) in [6.07, 6.45) is -0.0709. The quantitative estimate of drug-likeness (QED) is 0.480. The third-order valence-corrected chi connectivity index (χ3v) is 2.06. The summed E-state index contributed by atoms with van der Waals surface area (Å²) >= 11 is 0. The topological polar surface area (TPSA) is 66.5 Å². The highest BCUT2D eigenvalue weighted by Gasteiger charge is 2.12. The third-order valence-electron chi connectivity index (χ3n) is 2.06. The maximum atomic E-state index is 9.54. The Morgan fingerprint density at radius 2 is 2.08 bits per heavy atom. The summed E-state index contributed by atoms with van der Waals surface area (Å²) in [5.74, 6) is -0.0000463. The fraction of sp³-hybridized carbons (Fsp3) is 0.400. The first-order chi connectivity index (χ1) is 6.06. The average molecular weight is 181 g/mol. The Labute approximate surface area is 77.8 Å². The molecule has 1 aromatic carbocycles. The van der Waals surface area contributed by atoms with Crippen molar-refractivity contribution in [2.24, 2.45) is 0 Å². The summed E-state index contributed by atoms with van der Waals surface area (Å²) in [5.41, 5.74) is 7.33. The summed E-state index contributed by atoms with van der Waals surface area (Å²) in [6.45, 7) is 3.73. The molecule has 0 spiro atoms. The van der Waals surface area contributed by atoms with Crippen molar-refractivity contribution in [2.45, 2.75) is 26.4 Å². The van der Waals surface area contributed by atoms with Gasteiger partial charge in [-0.2, -0.15) is 0 Å². The molecule has 0 aliphatic carbocycles. The van der Waals surface area contributed by atoms with Crippen LogP contribution in [0.3, 0.4) is 0 Å². The van der Waals surface area contributed by atoms with Crippen LogP contribution in [0.4, 0.5) is 5.69 Å². The first-order valence-corrected chi connectivity index (χ1v) is 4.33. The van der Waals surface area contributed by atoms with Gasteiger partial charge >= 0.3 is 0 Å². The number of nitrogen functional groups attached to an aromatic ring is 1. The van der Waals surface area contributed by atoms with Gasteiger partial charge in [0.05, 0.1) is 11.8 Å². The molecule has 72 valence electrons. The Hall–Kier alpha value is -1.22. The maximum Gasteiger partial charge on any atom is 0.144 e. The van der Waals surface area contributed by atoms with Crippen molar-refractivity contribution in [1.82, 2.24) is 0 Å². The van der Waals surface area contributed by atoms with Crippen molar-refractivity contribution in [3.63, 3.8) is 0 Å². The summed E-state index contributed by atoms with van der Waals surface area (Å²) in [5, 5.41) is 19.1. The second kappa shape index (κ2) is 3.66. The Morgan fingerprint density at radius 3 is 2.62 bits per heavy atom. The normalized spacial score (nSPS) is 12.8. The Kier molecular flexibility index (Phi) is 2.78.